The third kappa shape index (κ3) is 3.67. The van der Waals surface area contributed by atoms with E-state index in [4.69, 9.17) is 9.47 Å². The van der Waals surface area contributed by atoms with E-state index in [1.54, 1.807) is 0 Å². The Bertz CT molecular complexity index is 518. The van der Waals surface area contributed by atoms with Crippen LogP contribution in [0.3, 0.4) is 0 Å². The summed E-state index contributed by atoms with van der Waals surface area (Å²) < 4.78 is 10.6. The Morgan fingerprint density at radius 2 is 2.24 bits per heavy atom. The number of hydrogen-bond donors (Lipinski definition) is 1. The molecule has 21 heavy (non-hydrogen) atoms. The molecule has 3 rings (SSSR count). The number of carbonyl (C=O) groups is 1. The highest BCUT2D eigenvalue weighted by Crippen LogP contribution is 2.32. The zero-order chi connectivity index (χ0) is 14.7. The first-order chi connectivity index (χ1) is 10.2. The summed E-state index contributed by atoms with van der Waals surface area (Å²) in [5.41, 5.74) is 1.03. The Morgan fingerprint density at radius 1 is 1.38 bits per heavy atom. The number of ether oxygens (including phenoxy) is 2. The normalized spacial score (nSPS) is 21.3. The van der Waals surface area contributed by atoms with Crippen LogP contribution < -0.4 is 14.8 Å². The van der Waals surface area contributed by atoms with Gasteiger partial charge in [-0.2, -0.15) is 0 Å². The van der Waals surface area contributed by atoms with Gasteiger partial charge in [0.15, 0.2) is 11.5 Å². The van der Waals surface area contributed by atoms with Crippen LogP contribution in [0.2, 0.25) is 0 Å². The second kappa shape index (κ2) is 6.35. The number of carbonyl (C=O) groups excluding carboxylic acids is 1. The fraction of sp³-hybridized carbons (Fsp3) is 0.562. The molecule has 1 atom stereocenters. The number of hydrogen-bond acceptors (Lipinski definition) is 4. The van der Waals surface area contributed by atoms with Gasteiger partial charge in [0.05, 0.1) is 6.54 Å². The minimum atomic E-state index is 0.0850. The molecule has 1 aromatic carbocycles. The van der Waals surface area contributed by atoms with Crippen molar-refractivity contribution < 1.29 is 14.3 Å². The number of nitrogens with zero attached hydrogens (tertiary/aromatic N) is 1. The van der Waals surface area contributed by atoms with E-state index in [1.807, 2.05) is 18.2 Å². The first-order valence-electron chi connectivity index (χ1n) is 7.58. The summed E-state index contributed by atoms with van der Waals surface area (Å²) in [7, 11) is 0. The van der Waals surface area contributed by atoms with Gasteiger partial charge in [0.2, 0.25) is 12.7 Å². The van der Waals surface area contributed by atoms with Crippen LogP contribution in [0.1, 0.15) is 25.3 Å². The molecule has 1 N–H and O–H groups in total. The molecule has 1 aromatic rings. The summed E-state index contributed by atoms with van der Waals surface area (Å²) in [5.74, 6) is 2.31. The van der Waals surface area contributed by atoms with Crippen LogP contribution in [0.5, 0.6) is 11.5 Å². The zero-order valence-corrected chi connectivity index (χ0v) is 12.4. The van der Waals surface area contributed by atoms with E-state index in [0.29, 0.717) is 19.0 Å². The van der Waals surface area contributed by atoms with Gasteiger partial charge >= 0.3 is 0 Å². The average molecular weight is 290 g/mol. The molecule has 0 bridgehead atoms. The molecule has 0 saturated carbocycles. The van der Waals surface area contributed by atoms with Crippen molar-refractivity contribution in [1.82, 2.24) is 10.2 Å². The lowest BCUT2D eigenvalue weighted by Crippen LogP contribution is -2.41. The van der Waals surface area contributed by atoms with Gasteiger partial charge in [0.25, 0.3) is 0 Å². The number of piperidine rings is 1. The largest absolute Gasteiger partial charge is 0.454 e. The third-order valence-corrected chi connectivity index (χ3v) is 4.04. The molecule has 1 fully saturated rings. The van der Waals surface area contributed by atoms with Gasteiger partial charge in [-0.1, -0.05) is 13.0 Å². The molecule has 2 aliphatic rings. The second-order valence-electron chi connectivity index (χ2n) is 5.95. The van der Waals surface area contributed by atoms with E-state index < -0.39 is 0 Å². The third-order valence-electron chi connectivity index (χ3n) is 4.04. The highest BCUT2D eigenvalue weighted by molar-refractivity contribution is 5.78. The fourth-order valence-corrected chi connectivity index (χ4v) is 2.94. The fourth-order valence-electron chi connectivity index (χ4n) is 2.94. The van der Waals surface area contributed by atoms with Crippen molar-refractivity contribution in [3.8, 4) is 11.5 Å². The smallest absolute Gasteiger partial charge is 0.234 e. The molecule has 5 heteroatoms. The molecule has 114 valence electrons. The molecule has 1 amide bonds. The van der Waals surface area contributed by atoms with Gasteiger partial charge in [-0.05, 0) is 43.0 Å². The van der Waals surface area contributed by atoms with Crippen LogP contribution in [0, 0.1) is 5.92 Å². The summed E-state index contributed by atoms with van der Waals surface area (Å²) in [5, 5.41) is 2.98. The lowest BCUT2D eigenvalue weighted by atomic mass is 10.0. The molecule has 2 heterocycles. The highest BCUT2D eigenvalue weighted by Gasteiger charge is 2.18. The van der Waals surface area contributed by atoms with Gasteiger partial charge < -0.3 is 14.8 Å². The van der Waals surface area contributed by atoms with Crippen LogP contribution in [-0.4, -0.2) is 37.2 Å². The van der Waals surface area contributed by atoms with Crippen molar-refractivity contribution in [3.63, 3.8) is 0 Å². The van der Waals surface area contributed by atoms with E-state index in [2.05, 4.69) is 17.1 Å². The summed E-state index contributed by atoms with van der Waals surface area (Å²) in [6.45, 7) is 5.60. The van der Waals surface area contributed by atoms with E-state index in [1.165, 1.54) is 12.8 Å². The number of rotatable bonds is 4. The molecule has 0 spiro atoms. The van der Waals surface area contributed by atoms with Crippen molar-refractivity contribution >= 4 is 5.91 Å². The van der Waals surface area contributed by atoms with E-state index in [9.17, 15) is 4.79 Å². The summed E-state index contributed by atoms with van der Waals surface area (Å²) >= 11 is 0. The predicted molar refractivity (Wildman–Crippen MR) is 79.2 cm³/mol. The first kappa shape index (κ1) is 14.2. The Kier molecular flexibility index (Phi) is 4.29. The van der Waals surface area contributed by atoms with E-state index >= 15 is 0 Å². The molecule has 5 nitrogen and oxygen atoms in total. The number of fused-ring (bicyclic) bond motifs is 1. The van der Waals surface area contributed by atoms with Crippen LogP contribution in [0.4, 0.5) is 0 Å². The molecular formula is C16H22N2O3. The Labute approximate surface area is 125 Å². The summed E-state index contributed by atoms with van der Waals surface area (Å²) in [4.78, 5) is 14.3. The molecule has 0 unspecified atom stereocenters. The van der Waals surface area contributed by atoms with Crippen LogP contribution in [0.15, 0.2) is 18.2 Å². The van der Waals surface area contributed by atoms with Gasteiger partial charge in [0, 0.05) is 13.1 Å². The maximum absolute atomic E-state index is 12.0. The minimum absolute atomic E-state index is 0.0850. The van der Waals surface area contributed by atoms with Gasteiger partial charge in [-0.15, -0.1) is 0 Å². The van der Waals surface area contributed by atoms with E-state index in [-0.39, 0.29) is 12.7 Å². The molecule has 0 radical (unpaired) electrons. The Hall–Kier alpha value is -1.75. The van der Waals surface area contributed by atoms with Gasteiger partial charge in [-0.25, -0.2) is 0 Å². The summed E-state index contributed by atoms with van der Waals surface area (Å²) in [6, 6.07) is 5.76. The topological polar surface area (TPSA) is 50.8 Å². The van der Waals surface area contributed by atoms with Crippen molar-refractivity contribution in [2.24, 2.45) is 5.92 Å². The SMILES string of the molecule is C[C@H]1CCCN(CC(=O)NCc2ccc3c(c2)OCO3)C1. The monoisotopic (exact) mass is 290 g/mol. The van der Waals surface area contributed by atoms with Crippen molar-refractivity contribution in [2.45, 2.75) is 26.3 Å². The van der Waals surface area contributed by atoms with Crippen molar-refractivity contribution in [3.05, 3.63) is 23.8 Å². The Morgan fingerprint density at radius 3 is 3.10 bits per heavy atom. The first-order valence-corrected chi connectivity index (χ1v) is 7.58. The quantitative estimate of drug-likeness (QED) is 0.918. The number of benzene rings is 1. The van der Waals surface area contributed by atoms with E-state index in [0.717, 1.165) is 30.2 Å². The predicted octanol–water partition coefficient (Wildman–Crippen LogP) is 1.76. The lowest BCUT2D eigenvalue weighted by Gasteiger charge is -2.30. The zero-order valence-electron chi connectivity index (χ0n) is 12.4. The maximum atomic E-state index is 12.0. The molecule has 2 aliphatic heterocycles. The van der Waals surface area contributed by atoms with Crippen molar-refractivity contribution in [2.75, 3.05) is 26.4 Å². The van der Waals surface area contributed by atoms with Crippen LogP contribution >= 0.6 is 0 Å². The van der Waals surface area contributed by atoms with Crippen LogP contribution in [0.25, 0.3) is 0 Å². The van der Waals surface area contributed by atoms with Crippen LogP contribution in [-0.2, 0) is 11.3 Å². The average Bonchev–Trinajstić information content (AvgIpc) is 2.92. The highest BCUT2D eigenvalue weighted by atomic mass is 16.7. The molecular weight excluding hydrogens is 268 g/mol. The number of nitrogens with one attached hydrogen (secondary N) is 1. The number of likely N-dealkylation sites (tertiary alicyclic amines) is 1. The van der Waals surface area contributed by atoms with Crippen molar-refractivity contribution in [1.29, 1.82) is 0 Å². The summed E-state index contributed by atoms with van der Waals surface area (Å²) in [6.07, 6.45) is 2.46. The van der Waals surface area contributed by atoms with Gasteiger partial charge in [0.1, 0.15) is 0 Å². The standard InChI is InChI=1S/C16H22N2O3/c1-12-3-2-6-18(9-12)10-16(19)17-8-13-4-5-14-15(7-13)21-11-20-14/h4-5,7,12H,2-3,6,8-11H2,1H3,(H,17,19)/t12-/m0/s1. The Balaban J connectivity index is 1.47. The second-order valence-corrected chi connectivity index (χ2v) is 5.95. The molecule has 1 saturated heterocycles. The number of amides is 1. The maximum Gasteiger partial charge on any atom is 0.234 e. The minimum Gasteiger partial charge on any atom is -0.454 e. The molecule has 0 aromatic heterocycles. The lowest BCUT2D eigenvalue weighted by molar-refractivity contribution is -0.122. The van der Waals surface area contributed by atoms with Gasteiger partial charge in [-0.3, -0.25) is 9.69 Å². The molecule has 0 aliphatic carbocycles.